The van der Waals surface area contributed by atoms with Crippen LogP contribution in [-0.4, -0.2) is 26.8 Å². The van der Waals surface area contributed by atoms with Crippen LogP contribution in [0.15, 0.2) is 58.5 Å². The molecule has 30 heavy (non-hydrogen) atoms. The Kier molecular flexibility index (Phi) is 6.18. The third-order valence-electron chi connectivity index (χ3n) is 5.43. The van der Waals surface area contributed by atoms with E-state index in [1.54, 1.807) is 34.9 Å². The van der Waals surface area contributed by atoms with Crippen molar-refractivity contribution in [3.8, 4) is 0 Å². The van der Waals surface area contributed by atoms with Crippen molar-refractivity contribution in [3.05, 3.63) is 70.3 Å². The van der Waals surface area contributed by atoms with Gasteiger partial charge in [0, 0.05) is 6.04 Å². The first-order valence-corrected chi connectivity index (χ1v) is 11.1. The van der Waals surface area contributed by atoms with E-state index in [1.807, 2.05) is 13.0 Å². The van der Waals surface area contributed by atoms with E-state index in [-0.39, 0.29) is 29.9 Å². The molecule has 1 amide bonds. The van der Waals surface area contributed by atoms with Gasteiger partial charge in [0.25, 0.3) is 5.56 Å². The number of carbonyl (C=O) groups excluding carboxylic acids is 1. The first kappa shape index (κ1) is 20.6. The molecule has 1 fully saturated rings. The summed E-state index contributed by atoms with van der Waals surface area (Å²) in [5, 5.41) is 3.72. The molecule has 0 aliphatic heterocycles. The van der Waals surface area contributed by atoms with Crippen molar-refractivity contribution >= 4 is 28.6 Å². The molecule has 7 heteroatoms. The van der Waals surface area contributed by atoms with Crippen LogP contribution in [0.3, 0.4) is 0 Å². The van der Waals surface area contributed by atoms with Crippen LogP contribution in [0.25, 0.3) is 10.9 Å². The topological polar surface area (TPSA) is 64.0 Å². The second-order valence-electron chi connectivity index (χ2n) is 7.68. The summed E-state index contributed by atoms with van der Waals surface area (Å²) in [6.45, 7) is 2.09. The number of carbonyl (C=O) groups is 1. The van der Waals surface area contributed by atoms with Crippen molar-refractivity contribution in [2.24, 2.45) is 0 Å². The van der Waals surface area contributed by atoms with Crippen LogP contribution in [0.1, 0.15) is 38.2 Å². The Balaban J connectivity index is 1.65. The van der Waals surface area contributed by atoms with Crippen molar-refractivity contribution in [1.29, 1.82) is 0 Å². The molecule has 3 aromatic rings. The highest BCUT2D eigenvalue weighted by molar-refractivity contribution is 8.00. The van der Waals surface area contributed by atoms with Crippen molar-refractivity contribution in [2.45, 2.75) is 55.6 Å². The van der Waals surface area contributed by atoms with Crippen molar-refractivity contribution in [2.75, 3.05) is 0 Å². The Morgan fingerprint density at radius 3 is 2.63 bits per heavy atom. The highest BCUT2D eigenvalue weighted by atomic mass is 32.2. The lowest BCUT2D eigenvalue weighted by Crippen LogP contribution is -2.38. The maximum atomic E-state index is 13.3. The van der Waals surface area contributed by atoms with Crippen LogP contribution in [0.4, 0.5) is 4.39 Å². The molecule has 1 atom stereocenters. The third kappa shape index (κ3) is 4.56. The SMILES string of the molecule is CC(Sc1nc2ccccc2c(=O)n1Cc1ccc(F)cc1)C(=O)NC1CCCC1. The van der Waals surface area contributed by atoms with Gasteiger partial charge in [0.05, 0.1) is 22.7 Å². The summed E-state index contributed by atoms with van der Waals surface area (Å²) >= 11 is 1.28. The predicted molar refractivity (Wildman–Crippen MR) is 117 cm³/mol. The Bertz CT molecular complexity index is 1110. The van der Waals surface area contributed by atoms with Gasteiger partial charge in [-0.25, -0.2) is 9.37 Å². The van der Waals surface area contributed by atoms with Crippen LogP contribution >= 0.6 is 11.8 Å². The van der Waals surface area contributed by atoms with Gasteiger partial charge in [0.2, 0.25) is 5.91 Å². The molecule has 0 bridgehead atoms. The largest absolute Gasteiger partial charge is 0.352 e. The number of benzene rings is 2. The zero-order chi connectivity index (χ0) is 21.1. The maximum Gasteiger partial charge on any atom is 0.262 e. The third-order valence-corrected chi connectivity index (χ3v) is 6.52. The Labute approximate surface area is 178 Å². The van der Waals surface area contributed by atoms with Gasteiger partial charge in [0.1, 0.15) is 5.82 Å². The molecule has 2 aromatic carbocycles. The molecule has 0 spiro atoms. The number of rotatable bonds is 6. The van der Waals surface area contributed by atoms with Gasteiger partial charge < -0.3 is 5.32 Å². The standard InChI is InChI=1S/C23H24FN3O2S/c1-15(21(28)25-18-6-2-3-7-18)30-23-26-20-9-5-4-8-19(20)22(29)27(23)14-16-10-12-17(24)13-11-16/h4-5,8-13,15,18H,2-3,6-7,14H2,1H3,(H,25,28). The number of aromatic nitrogens is 2. The molecular formula is C23H24FN3O2S. The lowest BCUT2D eigenvalue weighted by Gasteiger charge is -2.18. The molecule has 1 aromatic heterocycles. The quantitative estimate of drug-likeness (QED) is 0.477. The highest BCUT2D eigenvalue weighted by Gasteiger charge is 2.23. The molecule has 0 saturated heterocycles. The number of nitrogens with one attached hydrogen (secondary N) is 1. The van der Waals surface area contributed by atoms with Crippen LogP contribution < -0.4 is 10.9 Å². The molecule has 4 rings (SSSR count). The van der Waals surface area contributed by atoms with Gasteiger partial charge in [-0.15, -0.1) is 0 Å². The molecule has 1 N–H and O–H groups in total. The second kappa shape index (κ2) is 9.00. The number of nitrogens with zero attached hydrogens (tertiary/aromatic N) is 2. The van der Waals surface area contributed by atoms with E-state index in [0.29, 0.717) is 16.1 Å². The number of thioether (sulfide) groups is 1. The first-order valence-electron chi connectivity index (χ1n) is 10.2. The fourth-order valence-electron chi connectivity index (χ4n) is 3.75. The predicted octanol–water partition coefficient (Wildman–Crippen LogP) is 4.12. The Morgan fingerprint density at radius 1 is 1.20 bits per heavy atom. The molecule has 156 valence electrons. The number of para-hydroxylation sites is 1. The lowest BCUT2D eigenvalue weighted by atomic mass is 10.2. The van der Waals surface area contributed by atoms with Gasteiger partial charge in [-0.3, -0.25) is 14.2 Å². The highest BCUT2D eigenvalue weighted by Crippen LogP contribution is 2.25. The van der Waals surface area contributed by atoms with Crippen molar-refractivity contribution in [1.82, 2.24) is 14.9 Å². The minimum absolute atomic E-state index is 0.0392. The average Bonchev–Trinajstić information content (AvgIpc) is 3.25. The van der Waals surface area contributed by atoms with E-state index in [2.05, 4.69) is 10.3 Å². The summed E-state index contributed by atoms with van der Waals surface area (Å²) in [7, 11) is 0. The Hall–Kier alpha value is -2.67. The molecule has 1 aliphatic rings. The smallest absolute Gasteiger partial charge is 0.262 e. The number of fused-ring (bicyclic) bond motifs is 1. The van der Waals surface area contributed by atoms with Gasteiger partial charge in [-0.2, -0.15) is 0 Å². The minimum atomic E-state index is -0.391. The first-order chi connectivity index (χ1) is 14.5. The number of hydrogen-bond acceptors (Lipinski definition) is 4. The summed E-state index contributed by atoms with van der Waals surface area (Å²) in [6, 6.07) is 13.5. The van der Waals surface area contributed by atoms with E-state index >= 15 is 0 Å². The average molecular weight is 426 g/mol. The molecule has 1 aliphatic carbocycles. The number of halogens is 1. The zero-order valence-corrected chi connectivity index (χ0v) is 17.6. The summed E-state index contributed by atoms with van der Waals surface area (Å²) in [6.07, 6.45) is 4.34. The molecular weight excluding hydrogens is 401 g/mol. The number of amides is 1. The maximum absolute atomic E-state index is 13.3. The lowest BCUT2D eigenvalue weighted by molar-refractivity contribution is -0.120. The molecule has 0 radical (unpaired) electrons. The van der Waals surface area contributed by atoms with E-state index in [4.69, 9.17) is 0 Å². The summed E-state index contributed by atoms with van der Waals surface area (Å²) in [5.41, 5.74) is 1.22. The normalized spacial score (nSPS) is 15.4. The second-order valence-corrected chi connectivity index (χ2v) is 8.99. The number of hydrogen-bond donors (Lipinski definition) is 1. The van der Waals surface area contributed by atoms with Gasteiger partial charge >= 0.3 is 0 Å². The fourth-order valence-corrected chi connectivity index (χ4v) is 4.67. The van der Waals surface area contributed by atoms with Gasteiger partial charge in [0.15, 0.2) is 5.16 Å². The summed E-state index contributed by atoms with van der Waals surface area (Å²) in [5.74, 6) is -0.364. The van der Waals surface area contributed by atoms with Gasteiger partial charge in [-0.05, 0) is 49.6 Å². The molecule has 1 saturated carbocycles. The van der Waals surface area contributed by atoms with E-state index in [9.17, 15) is 14.0 Å². The molecule has 1 heterocycles. The molecule has 1 unspecified atom stereocenters. The van der Waals surface area contributed by atoms with Crippen molar-refractivity contribution < 1.29 is 9.18 Å². The minimum Gasteiger partial charge on any atom is -0.352 e. The van der Waals surface area contributed by atoms with Crippen LogP contribution in [-0.2, 0) is 11.3 Å². The van der Waals surface area contributed by atoms with Gasteiger partial charge in [-0.1, -0.05) is 48.9 Å². The molecule has 5 nitrogen and oxygen atoms in total. The zero-order valence-electron chi connectivity index (χ0n) is 16.8. The Morgan fingerprint density at radius 2 is 1.90 bits per heavy atom. The van der Waals surface area contributed by atoms with Crippen molar-refractivity contribution in [3.63, 3.8) is 0 Å². The fraction of sp³-hybridized carbons (Fsp3) is 0.348. The summed E-state index contributed by atoms with van der Waals surface area (Å²) < 4.78 is 14.9. The van der Waals surface area contributed by atoms with E-state index in [1.165, 1.54) is 23.9 Å². The van der Waals surface area contributed by atoms with Crippen LogP contribution in [0.2, 0.25) is 0 Å². The van der Waals surface area contributed by atoms with E-state index < -0.39 is 5.25 Å². The summed E-state index contributed by atoms with van der Waals surface area (Å²) in [4.78, 5) is 30.5. The monoisotopic (exact) mass is 425 g/mol. The van der Waals surface area contributed by atoms with Crippen LogP contribution in [0.5, 0.6) is 0 Å². The van der Waals surface area contributed by atoms with Crippen LogP contribution in [0, 0.1) is 5.82 Å². The van der Waals surface area contributed by atoms with E-state index in [0.717, 1.165) is 31.2 Å².